The molecule has 0 aliphatic carbocycles. The molecule has 0 bridgehead atoms. The molecule has 0 fully saturated rings. The quantitative estimate of drug-likeness (QED) is 0.358. The first-order valence-corrected chi connectivity index (χ1v) is 11.1. The number of aryl methyl sites for hydroxylation is 1. The Morgan fingerprint density at radius 2 is 1.66 bits per heavy atom. The first-order valence-electron chi connectivity index (χ1n) is 10.3. The van der Waals surface area contributed by atoms with E-state index in [4.69, 9.17) is 4.98 Å². The maximum atomic E-state index is 12.6. The van der Waals surface area contributed by atoms with Gasteiger partial charge in [0.05, 0.1) is 10.2 Å². The van der Waals surface area contributed by atoms with E-state index in [-0.39, 0.29) is 11.8 Å². The van der Waals surface area contributed by atoms with E-state index in [9.17, 15) is 9.59 Å². The van der Waals surface area contributed by atoms with Gasteiger partial charge in [0.1, 0.15) is 11.0 Å². The monoisotopic (exact) mass is 444 g/mol. The molecule has 3 N–H and O–H groups in total. The Morgan fingerprint density at radius 1 is 0.906 bits per heavy atom. The van der Waals surface area contributed by atoms with E-state index in [2.05, 4.69) is 35.0 Å². The predicted molar refractivity (Wildman–Crippen MR) is 132 cm³/mol. The van der Waals surface area contributed by atoms with Crippen LogP contribution in [0.2, 0.25) is 0 Å². The van der Waals surface area contributed by atoms with Crippen molar-refractivity contribution in [3.05, 3.63) is 72.3 Å². The Hall–Kier alpha value is -3.71. The number of fused-ring (bicyclic) bond motifs is 1. The molecule has 2 amide bonds. The maximum absolute atomic E-state index is 12.6. The van der Waals surface area contributed by atoms with Crippen LogP contribution in [-0.2, 0) is 9.59 Å². The van der Waals surface area contributed by atoms with Crippen molar-refractivity contribution in [3.8, 4) is 10.6 Å². The van der Waals surface area contributed by atoms with Gasteiger partial charge in [-0.25, -0.2) is 4.98 Å². The smallest absolute Gasteiger partial charge is 0.246 e. The fraction of sp³-hybridized carbons (Fsp3) is 0.160. The van der Waals surface area contributed by atoms with Crippen molar-refractivity contribution in [2.24, 2.45) is 0 Å². The van der Waals surface area contributed by atoms with Gasteiger partial charge < -0.3 is 16.0 Å². The lowest BCUT2D eigenvalue weighted by molar-refractivity contribution is -0.116. The summed E-state index contributed by atoms with van der Waals surface area (Å²) in [5, 5.41) is 9.78. The number of carbonyl (C=O) groups is 2. The van der Waals surface area contributed by atoms with Crippen molar-refractivity contribution < 1.29 is 9.59 Å². The summed E-state index contributed by atoms with van der Waals surface area (Å²) in [5.74, 6) is -0.296. The molecule has 0 aliphatic heterocycles. The molecule has 1 atom stereocenters. The number of benzene rings is 3. The van der Waals surface area contributed by atoms with Crippen molar-refractivity contribution >= 4 is 50.4 Å². The average molecular weight is 445 g/mol. The van der Waals surface area contributed by atoms with Gasteiger partial charge in [-0.3, -0.25) is 9.59 Å². The molecular weight excluding hydrogens is 420 g/mol. The number of hydrogen-bond acceptors (Lipinski definition) is 5. The molecule has 6 nitrogen and oxygen atoms in total. The van der Waals surface area contributed by atoms with Gasteiger partial charge in [-0.05, 0) is 74.0 Å². The highest BCUT2D eigenvalue weighted by Crippen LogP contribution is 2.31. The molecule has 0 saturated carbocycles. The Morgan fingerprint density at radius 3 is 2.41 bits per heavy atom. The summed E-state index contributed by atoms with van der Waals surface area (Å²) < 4.78 is 1.17. The zero-order chi connectivity index (χ0) is 22.7. The minimum absolute atomic E-state index is 0.141. The fourth-order valence-electron chi connectivity index (χ4n) is 3.31. The maximum Gasteiger partial charge on any atom is 0.246 e. The Balaban J connectivity index is 1.40. The second-order valence-corrected chi connectivity index (χ2v) is 8.72. The highest BCUT2D eigenvalue weighted by molar-refractivity contribution is 7.21. The third-order valence-electron chi connectivity index (χ3n) is 4.90. The standard InChI is InChI=1S/C25H24N4O2S/c1-15-7-12-22-23(13-15)32-25(29-22)18-8-10-19(11-9-18)28-24(31)16(2)26-20-5-4-6-21(14-20)27-17(3)30/h4-14,16,26H,1-3H3,(H,27,30)(H,28,31)/t16-/m0/s1. The van der Waals surface area contributed by atoms with E-state index in [0.29, 0.717) is 5.69 Å². The number of rotatable bonds is 6. The van der Waals surface area contributed by atoms with Gasteiger partial charge in [0.2, 0.25) is 11.8 Å². The summed E-state index contributed by atoms with van der Waals surface area (Å²) in [4.78, 5) is 28.6. The third kappa shape index (κ3) is 5.12. The largest absolute Gasteiger partial charge is 0.374 e. The molecule has 0 unspecified atom stereocenters. The number of nitrogens with one attached hydrogen (secondary N) is 3. The van der Waals surface area contributed by atoms with E-state index in [0.717, 1.165) is 27.5 Å². The fourth-order valence-corrected chi connectivity index (χ4v) is 4.38. The molecule has 0 radical (unpaired) electrons. The normalized spacial score (nSPS) is 11.7. The third-order valence-corrected chi connectivity index (χ3v) is 5.97. The highest BCUT2D eigenvalue weighted by Gasteiger charge is 2.14. The topological polar surface area (TPSA) is 83.1 Å². The molecule has 1 aromatic heterocycles. The van der Waals surface area contributed by atoms with Gasteiger partial charge in [-0.2, -0.15) is 0 Å². The molecule has 0 aliphatic rings. The molecular formula is C25H24N4O2S. The van der Waals surface area contributed by atoms with Gasteiger partial charge in [0.25, 0.3) is 0 Å². The number of thiazole rings is 1. The van der Waals surface area contributed by atoms with Gasteiger partial charge >= 0.3 is 0 Å². The van der Waals surface area contributed by atoms with Crippen LogP contribution in [0.4, 0.5) is 17.1 Å². The van der Waals surface area contributed by atoms with Gasteiger partial charge in [-0.1, -0.05) is 12.1 Å². The number of aromatic nitrogens is 1. The average Bonchev–Trinajstić information content (AvgIpc) is 3.17. The van der Waals surface area contributed by atoms with Crippen LogP contribution >= 0.6 is 11.3 Å². The van der Waals surface area contributed by atoms with Gasteiger partial charge in [0.15, 0.2) is 0 Å². The molecule has 162 valence electrons. The second kappa shape index (κ2) is 9.20. The van der Waals surface area contributed by atoms with Crippen LogP contribution in [0.15, 0.2) is 66.7 Å². The summed E-state index contributed by atoms with van der Waals surface area (Å²) in [6.45, 7) is 5.32. The van der Waals surface area contributed by atoms with Crippen LogP contribution < -0.4 is 16.0 Å². The van der Waals surface area contributed by atoms with Crippen LogP contribution in [0.5, 0.6) is 0 Å². The van der Waals surface area contributed by atoms with Crippen LogP contribution in [0, 0.1) is 6.92 Å². The second-order valence-electron chi connectivity index (χ2n) is 7.68. The minimum atomic E-state index is -0.463. The minimum Gasteiger partial charge on any atom is -0.374 e. The molecule has 4 aromatic rings. The summed E-state index contributed by atoms with van der Waals surface area (Å²) in [5.41, 5.74) is 5.38. The summed E-state index contributed by atoms with van der Waals surface area (Å²) in [7, 11) is 0. The molecule has 0 spiro atoms. The van der Waals surface area contributed by atoms with E-state index < -0.39 is 6.04 Å². The molecule has 4 rings (SSSR count). The lowest BCUT2D eigenvalue weighted by Crippen LogP contribution is -2.31. The highest BCUT2D eigenvalue weighted by atomic mass is 32.1. The van der Waals surface area contributed by atoms with Crippen LogP contribution in [0.25, 0.3) is 20.8 Å². The first-order chi connectivity index (χ1) is 15.4. The van der Waals surface area contributed by atoms with E-state index in [1.807, 2.05) is 42.5 Å². The predicted octanol–water partition coefficient (Wildman–Crippen LogP) is 5.67. The molecule has 32 heavy (non-hydrogen) atoms. The van der Waals surface area contributed by atoms with Crippen molar-refractivity contribution in [3.63, 3.8) is 0 Å². The van der Waals surface area contributed by atoms with Gasteiger partial charge in [-0.15, -0.1) is 11.3 Å². The molecule has 7 heteroatoms. The number of nitrogens with zero attached hydrogens (tertiary/aromatic N) is 1. The first kappa shape index (κ1) is 21.5. The van der Waals surface area contributed by atoms with E-state index >= 15 is 0 Å². The van der Waals surface area contributed by atoms with Crippen LogP contribution in [-0.4, -0.2) is 22.8 Å². The SMILES string of the molecule is CC(=O)Nc1cccc(N[C@@H](C)C(=O)Nc2ccc(-c3nc4ccc(C)cc4s3)cc2)c1. The Kier molecular flexibility index (Phi) is 6.18. The number of anilines is 3. The van der Waals surface area contributed by atoms with Crippen LogP contribution in [0.1, 0.15) is 19.4 Å². The van der Waals surface area contributed by atoms with Crippen molar-refractivity contribution in [1.29, 1.82) is 0 Å². The lowest BCUT2D eigenvalue weighted by Gasteiger charge is -2.16. The van der Waals surface area contributed by atoms with Crippen molar-refractivity contribution in [2.45, 2.75) is 26.8 Å². The summed E-state index contributed by atoms with van der Waals surface area (Å²) in [6.07, 6.45) is 0. The zero-order valence-corrected chi connectivity index (χ0v) is 18.9. The number of amides is 2. The van der Waals surface area contributed by atoms with Gasteiger partial charge in [0, 0.05) is 29.5 Å². The number of hydrogen-bond donors (Lipinski definition) is 3. The molecule has 1 heterocycles. The lowest BCUT2D eigenvalue weighted by atomic mass is 10.2. The van der Waals surface area contributed by atoms with Crippen molar-refractivity contribution in [2.75, 3.05) is 16.0 Å². The zero-order valence-electron chi connectivity index (χ0n) is 18.1. The van der Waals surface area contributed by atoms with E-state index in [1.54, 1.807) is 30.4 Å². The van der Waals surface area contributed by atoms with Crippen LogP contribution in [0.3, 0.4) is 0 Å². The summed E-state index contributed by atoms with van der Waals surface area (Å²) in [6, 6.07) is 20.7. The Bertz CT molecular complexity index is 1280. The Labute approximate surface area is 190 Å². The summed E-state index contributed by atoms with van der Waals surface area (Å²) >= 11 is 1.66. The molecule has 3 aromatic carbocycles. The van der Waals surface area contributed by atoms with E-state index in [1.165, 1.54) is 17.2 Å². The van der Waals surface area contributed by atoms with Crippen molar-refractivity contribution in [1.82, 2.24) is 4.98 Å². The number of carbonyl (C=O) groups excluding carboxylic acids is 2. The molecule has 0 saturated heterocycles.